The average molecular weight is 344 g/mol. The van der Waals surface area contributed by atoms with Crippen LogP contribution in [0.3, 0.4) is 0 Å². The molecule has 1 heterocycles. The SMILES string of the molecule is CCOC(=O)C[C@@H]1C(=O)NCCN1Cc1ccccc1C(F)(F)F. The fourth-order valence-electron chi connectivity index (χ4n) is 2.70. The van der Waals surface area contributed by atoms with Gasteiger partial charge in [0.15, 0.2) is 0 Å². The lowest BCUT2D eigenvalue weighted by atomic mass is 10.0. The summed E-state index contributed by atoms with van der Waals surface area (Å²) in [5.74, 6) is -0.924. The summed E-state index contributed by atoms with van der Waals surface area (Å²) >= 11 is 0. The van der Waals surface area contributed by atoms with E-state index in [1.54, 1.807) is 11.8 Å². The van der Waals surface area contributed by atoms with Crippen molar-refractivity contribution in [3.8, 4) is 0 Å². The van der Waals surface area contributed by atoms with Gasteiger partial charge in [0.1, 0.15) is 6.04 Å². The minimum atomic E-state index is -4.47. The number of nitrogens with zero attached hydrogens (tertiary/aromatic N) is 1. The standard InChI is InChI=1S/C16H19F3N2O3/c1-2-24-14(22)9-13-15(23)20-7-8-21(13)10-11-5-3-4-6-12(11)16(17,18)19/h3-6,13H,2,7-10H2,1H3,(H,20,23)/t13-/m1/s1. The molecule has 1 aromatic carbocycles. The number of amides is 1. The van der Waals surface area contributed by atoms with Crippen LogP contribution in [-0.2, 0) is 27.0 Å². The first-order valence-corrected chi connectivity index (χ1v) is 7.65. The Morgan fingerprint density at radius 2 is 2.08 bits per heavy atom. The van der Waals surface area contributed by atoms with Gasteiger partial charge in [0.2, 0.25) is 5.91 Å². The van der Waals surface area contributed by atoms with Crippen LogP contribution in [0.25, 0.3) is 0 Å². The zero-order valence-electron chi connectivity index (χ0n) is 13.2. The third-order valence-electron chi connectivity index (χ3n) is 3.80. The molecule has 1 aliphatic heterocycles. The predicted octanol–water partition coefficient (Wildman–Crippen LogP) is 1.96. The van der Waals surface area contributed by atoms with Crippen LogP contribution in [0.2, 0.25) is 0 Å². The first kappa shape index (κ1) is 18.3. The number of halogens is 3. The Morgan fingerprint density at radius 3 is 2.75 bits per heavy atom. The van der Waals surface area contributed by atoms with E-state index in [1.165, 1.54) is 18.2 Å². The number of carbonyl (C=O) groups is 2. The van der Waals surface area contributed by atoms with E-state index in [-0.39, 0.29) is 31.0 Å². The molecule has 0 aromatic heterocycles. The van der Waals surface area contributed by atoms with E-state index in [1.807, 2.05) is 0 Å². The van der Waals surface area contributed by atoms with Crippen LogP contribution in [0.15, 0.2) is 24.3 Å². The number of ether oxygens (including phenoxy) is 1. The number of piperazine rings is 1. The van der Waals surface area contributed by atoms with Gasteiger partial charge in [-0.2, -0.15) is 13.2 Å². The normalized spacial score (nSPS) is 19.0. The highest BCUT2D eigenvalue weighted by Gasteiger charge is 2.36. The third-order valence-corrected chi connectivity index (χ3v) is 3.80. The predicted molar refractivity (Wildman–Crippen MR) is 79.9 cm³/mol. The molecule has 0 unspecified atom stereocenters. The summed E-state index contributed by atoms with van der Waals surface area (Å²) in [7, 11) is 0. The Labute approximate surface area is 137 Å². The van der Waals surface area contributed by atoms with Crippen molar-refractivity contribution < 1.29 is 27.5 Å². The molecule has 5 nitrogen and oxygen atoms in total. The van der Waals surface area contributed by atoms with Crippen LogP contribution in [0, 0.1) is 0 Å². The zero-order valence-corrected chi connectivity index (χ0v) is 13.2. The minimum Gasteiger partial charge on any atom is -0.466 e. The fraction of sp³-hybridized carbons (Fsp3) is 0.500. The molecule has 1 aliphatic rings. The number of hydrogen-bond acceptors (Lipinski definition) is 4. The molecule has 1 aromatic rings. The van der Waals surface area contributed by atoms with Crippen LogP contribution in [-0.4, -0.2) is 42.5 Å². The highest BCUT2D eigenvalue weighted by atomic mass is 19.4. The van der Waals surface area contributed by atoms with Gasteiger partial charge in [-0.1, -0.05) is 18.2 Å². The van der Waals surface area contributed by atoms with Gasteiger partial charge in [-0.25, -0.2) is 0 Å². The smallest absolute Gasteiger partial charge is 0.416 e. The lowest BCUT2D eigenvalue weighted by molar-refractivity contribution is -0.148. The maximum atomic E-state index is 13.1. The van der Waals surface area contributed by atoms with E-state index in [4.69, 9.17) is 4.74 Å². The van der Waals surface area contributed by atoms with Crippen LogP contribution in [0.4, 0.5) is 13.2 Å². The number of hydrogen-bond donors (Lipinski definition) is 1. The zero-order chi connectivity index (χ0) is 17.7. The van der Waals surface area contributed by atoms with E-state index >= 15 is 0 Å². The van der Waals surface area contributed by atoms with Crippen molar-refractivity contribution in [3.05, 3.63) is 35.4 Å². The summed E-state index contributed by atoms with van der Waals surface area (Å²) in [6.45, 7) is 2.46. The summed E-state index contributed by atoms with van der Waals surface area (Å²) in [4.78, 5) is 25.3. The van der Waals surface area contributed by atoms with Gasteiger partial charge in [0.25, 0.3) is 0 Å². The molecule has 0 spiro atoms. The number of nitrogens with one attached hydrogen (secondary N) is 1. The molecule has 0 radical (unpaired) electrons. The highest BCUT2D eigenvalue weighted by Crippen LogP contribution is 2.32. The largest absolute Gasteiger partial charge is 0.466 e. The number of rotatable bonds is 5. The Hall–Kier alpha value is -2.09. The van der Waals surface area contributed by atoms with Gasteiger partial charge in [-0.3, -0.25) is 14.5 Å². The number of benzene rings is 1. The van der Waals surface area contributed by atoms with Crippen molar-refractivity contribution in [1.82, 2.24) is 10.2 Å². The number of alkyl halides is 3. The number of carbonyl (C=O) groups excluding carboxylic acids is 2. The topological polar surface area (TPSA) is 58.6 Å². The van der Waals surface area contributed by atoms with Gasteiger partial charge in [-0.05, 0) is 18.6 Å². The van der Waals surface area contributed by atoms with E-state index in [2.05, 4.69) is 5.32 Å². The summed E-state index contributed by atoms with van der Waals surface area (Å²) in [6.07, 6.45) is -4.65. The monoisotopic (exact) mass is 344 g/mol. The lowest BCUT2D eigenvalue weighted by Crippen LogP contribution is -2.55. The first-order chi connectivity index (χ1) is 11.3. The van der Waals surface area contributed by atoms with Crippen molar-refractivity contribution in [1.29, 1.82) is 0 Å². The molecule has 0 bridgehead atoms. The molecule has 8 heteroatoms. The second-order valence-corrected chi connectivity index (χ2v) is 5.44. The summed E-state index contributed by atoms with van der Waals surface area (Å²) < 4.78 is 44.2. The molecule has 0 saturated carbocycles. The van der Waals surface area contributed by atoms with Crippen molar-refractivity contribution in [2.45, 2.75) is 32.1 Å². The molecule has 1 atom stereocenters. The van der Waals surface area contributed by atoms with Gasteiger partial charge in [-0.15, -0.1) is 0 Å². The molecule has 24 heavy (non-hydrogen) atoms. The van der Waals surface area contributed by atoms with Crippen LogP contribution in [0.1, 0.15) is 24.5 Å². The molecular formula is C16H19F3N2O3. The quantitative estimate of drug-likeness (QED) is 0.830. The Morgan fingerprint density at radius 1 is 1.38 bits per heavy atom. The first-order valence-electron chi connectivity index (χ1n) is 7.65. The van der Waals surface area contributed by atoms with Gasteiger partial charge >= 0.3 is 12.1 Å². The molecule has 1 N–H and O–H groups in total. The second kappa shape index (κ2) is 7.65. The Balaban J connectivity index is 2.20. The summed E-state index contributed by atoms with van der Waals surface area (Å²) in [5, 5.41) is 2.63. The number of esters is 1. The van der Waals surface area contributed by atoms with Crippen LogP contribution in [0.5, 0.6) is 0 Å². The van der Waals surface area contributed by atoms with E-state index in [9.17, 15) is 22.8 Å². The average Bonchev–Trinajstić information content (AvgIpc) is 2.50. The van der Waals surface area contributed by atoms with Gasteiger partial charge < -0.3 is 10.1 Å². The highest BCUT2D eigenvalue weighted by molar-refractivity contribution is 5.87. The maximum Gasteiger partial charge on any atom is 0.416 e. The van der Waals surface area contributed by atoms with Gasteiger partial charge in [0.05, 0.1) is 18.6 Å². The molecule has 1 amide bonds. The lowest BCUT2D eigenvalue weighted by Gasteiger charge is -2.35. The van der Waals surface area contributed by atoms with E-state index in [0.717, 1.165) is 6.07 Å². The summed E-state index contributed by atoms with van der Waals surface area (Å²) in [5.41, 5.74) is -0.653. The van der Waals surface area contributed by atoms with Crippen molar-refractivity contribution >= 4 is 11.9 Å². The van der Waals surface area contributed by atoms with Crippen LogP contribution >= 0.6 is 0 Å². The Bertz CT molecular complexity index is 604. The Kier molecular flexibility index (Phi) is 5.82. The fourth-order valence-corrected chi connectivity index (χ4v) is 2.70. The molecule has 132 valence electrons. The second-order valence-electron chi connectivity index (χ2n) is 5.44. The minimum absolute atomic E-state index is 0.0623. The molecule has 1 fully saturated rings. The molecule has 0 aliphatic carbocycles. The maximum absolute atomic E-state index is 13.1. The van der Waals surface area contributed by atoms with Crippen LogP contribution < -0.4 is 5.32 Å². The van der Waals surface area contributed by atoms with Crippen molar-refractivity contribution in [3.63, 3.8) is 0 Å². The summed E-state index contributed by atoms with van der Waals surface area (Å²) in [6, 6.07) is 4.41. The third kappa shape index (κ3) is 4.47. The van der Waals surface area contributed by atoms with Crippen molar-refractivity contribution in [2.75, 3.05) is 19.7 Å². The molecule has 2 rings (SSSR count). The van der Waals surface area contributed by atoms with E-state index in [0.29, 0.717) is 13.1 Å². The molecule has 1 saturated heterocycles. The van der Waals surface area contributed by atoms with Gasteiger partial charge in [0, 0.05) is 19.6 Å². The molecular weight excluding hydrogens is 325 g/mol. The van der Waals surface area contributed by atoms with E-state index < -0.39 is 23.8 Å². The van der Waals surface area contributed by atoms with Crippen molar-refractivity contribution in [2.24, 2.45) is 0 Å².